The van der Waals surface area contributed by atoms with Crippen molar-refractivity contribution >= 4 is 34.6 Å². The van der Waals surface area contributed by atoms with E-state index in [9.17, 15) is 4.79 Å². The van der Waals surface area contributed by atoms with Gasteiger partial charge in [-0.05, 0) is 55.3 Å². The van der Waals surface area contributed by atoms with Gasteiger partial charge in [-0.1, -0.05) is 11.6 Å². The molecule has 2 aromatic carbocycles. The molecule has 2 aliphatic rings. The molecule has 0 radical (unpaired) electrons. The Morgan fingerprint density at radius 3 is 2.33 bits per heavy atom. The number of benzene rings is 2. The van der Waals surface area contributed by atoms with Gasteiger partial charge in [0, 0.05) is 42.5 Å². The number of carbonyl (C=O) groups is 1. The summed E-state index contributed by atoms with van der Waals surface area (Å²) in [5, 5.41) is 3.74. The number of morpholine rings is 1. The highest BCUT2D eigenvalue weighted by atomic mass is 35.5. The molecule has 0 bridgehead atoms. The molecule has 2 saturated heterocycles. The van der Waals surface area contributed by atoms with Gasteiger partial charge in [0.2, 0.25) is 0 Å². The fraction of sp³-hybridized carbons (Fsp3) is 0.381. The van der Waals surface area contributed by atoms with Crippen LogP contribution in [0.4, 0.5) is 17.1 Å². The van der Waals surface area contributed by atoms with Crippen LogP contribution in [0.3, 0.4) is 0 Å². The molecule has 0 atom stereocenters. The molecule has 1 N–H and O–H groups in total. The minimum Gasteiger partial charge on any atom is -0.378 e. The molecule has 0 aromatic heterocycles. The lowest BCUT2D eigenvalue weighted by atomic mass is 10.1. The number of hydrogen-bond donors (Lipinski definition) is 1. The number of anilines is 3. The topological polar surface area (TPSA) is 44.8 Å². The number of nitrogens with one attached hydrogen (secondary N) is 1. The largest absolute Gasteiger partial charge is 0.378 e. The zero-order chi connectivity index (χ0) is 18.6. The number of nitrogens with zero attached hydrogens (tertiary/aromatic N) is 2. The highest BCUT2D eigenvalue weighted by Crippen LogP contribution is 2.33. The SMILES string of the molecule is O=C(Nc1cc(N2CCCC2)ccc1N1CCOCC1)c1ccc(Cl)cc1. The lowest BCUT2D eigenvalue weighted by Crippen LogP contribution is -2.36. The predicted octanol–water partition coefficient (Wildman–Crippen LogP) is 4.03. The number of carbonyl (C=O) groups excluding carboxylic acids is 1. The van der Waals surface area contributed by atoms with Crippen LogP contribution in [0.25, 0.3) is 0 Å². The molecule has 1 amide bonds. The van der Waals surface area contributed by atoms with Crippen LogP contribution in [0.15, 0.2) is 42.5 Å². The van der Waals surface area contributed by atoms with Gasteiger partial charge in [0.25, 0.3) is 5.91 Å². The van der Waals surface area contributed by atoms with Crippen molar-refractivity contribution < 1.29 is 9.53 Å². The van der Waals surface area contributed by atoms with Crippen molar-refractivity contribution in [3.05, 3.63) is 53.1 Å². The lowest BCUT2D eigenvalue weighted by Gasteiger charge is -2.31. The van der Waals surface area contributed by atoms with E-state index in [1.807, 2.05) is 0 Å². The van der Waals surface area contributed by atoms with Gasteiger partial charge in [-0.25, -0.2) is 0 Å². The summed E-state index contributed by atoms with van der Waals surface area (Å²) in [6, 6.07) is 13.3. The summed E-state index contributed by atoms with van der Waals surface area (Å²) < 4.78 is 5.48. The number of amides is 1. The summed E-state index contributed by atoms with van der Waals surface area (Å²) >= 11 is 5.94. The summed E-state index contributed by atoms with van der Waals surface area (Å²) in [5.41, 5.74) is 3.65. The van der Waals surface area contributed by atoms with E-state index >= 15 is 0 Å². The van der Waals surface area contributed by atoms with Crippen molar-refractivity contribution in [1.82, 2.24) is 0 Å². The van der Waals surface area contributed by atoms with Crippen molar-refractivity contribution in [2.24, 2.45) is 0 Å². The van der Waals surface area contributed by atoms with Gasteiger partial charge in [-0.2, -0.15) is 0 Å². The van der Waals surface area contributed by atoms with Gasteiger partial charge in [0.1, 0.15) is 0 Å². The van der Waals surface area contributed by atoms with E-state index in [4.69, 9.17) is 16.3 Å². The minimum absolute atomic E-state index is 0.125. The van der Waals surface area contributed by atoms with Crippen LogP contribution < -0.4 is 15.1 Å². The molecule has 2 heterocycles. The van der Waals surface area contributed by atoms with Crippen LogP contribution in [0.2, 0.25) is 5.02 Å². The minimum atomic E-state index is -0.125. The van der Waals surface area contributed by atoms with Crippen molar-refractivity contribution in [1.29, 1.82) is 0 Å². The monoisotopic (exact) mass is 385 g/mol. The highest BCUT2D eigenvalue weighted by Gasteiger charge is 2.20. The Balaban J connectivity index is 1.62. The van der Waals surface area contributed by atoms with E-state index in [0.717, 1.165) is 43.2 Å². The average molecular weight is 386 g/mol. The zero-order valence-corrected chi connectivity index (χ0v) is 16.0. The molecular formula is C21H24ClN3O2. The number of rotatable bonds is 4. The molecule has 4 rings (SSSR count). The van der Waals surface area contributed by atoms with Gasteiger partial charge < -0.3 is 19.9 Å². The quantitative estimate of drug-likeness (QED) is 0.863. The Morgan fingerprint density at radius 2 is 1.63 bits per heavy atom. The third-order valence-electron chi connectivity index (χ3n) is 5.16. The molecule has 0 saturated carbocycles. The van der Waals surface area contributed by atoms with Gasteiger partial charge in [-0.15, -0.1) is 0 Å². The Hall–Kier alpha value is -2.24. The maximum absolute atomic E-state index is 12.8. The third kappa shape index (κ3) is 4.20. The zero-order valence-electron chi connectivity index (χ0n) is 15.3. The first kappa shape index (κ1) is 18.1. The molecule has 2 aliphatic heterocycles. The number of ether oxygens (including phenoxy) is 1. The van der Waals surface area contributed by atoms with E-state index in [1.54, 1.807) is 24.3 Å². The maximum atomic E-state index is 12.8. The van der Waals surface area contributed by atoms with Gasteiger partial charge >= 0.3 is 0 Å². The Kier molecular flexibility index (Phi) is 5.50. The van der Waals surface area contributed by atoms with Crippen LogP contribution in [0.1, 0.15) is 23.2 Å². The fourth-order valence-corrected chi connectivity index (χ4v) is 3.80. The fourth-order valence-electron chi connectivity index (χ4n) is 3.67. The molecule has 0 spiro atoms. The first-order valence-corrected chi connectivity index (χ1v) is 9.87. The lowest BCUT2D eigenvalue weighted by molar-refractivity contribution is 0.102. The Labute approximate surface area is 164 Å². The number of halogens is 1. The summed E-state index contributed by atoms with van der Waals surface area (Å²) in [5.74, 6) is -0.125. The molecule has 2 aromatic rings. The molecule has 5 nitrogen and oxygen atoms in total. The third-order valence-corrected chi connectivity index (χ3v) is 5.41. The van der Waals surface area contributed by atoms with E-state index in [2.05, 4.69) is 33.3 Å². The van der Waals surface area contributed by atoms with Crippen molar-refractivity contribution in [2.45, 2.75) is 12.8 Å². The molecular weight excluding hydrogens is 362 g/mol. The molecule has 0 aliphatic carbocycles. The van der Waals surface area contributed by atoms with Crippen molar-refractivity contribution in [3.8, 4) is 0 Å². The van der Waals surface area contributed by atoms with Crippen LogP contribution in [0.5, 0.6) is 0 Å². The highest BCUT2D eigenvalue weighted by molar-refractivity contribution is 6.30. The summed E-state index contributed by atoms with van der Waals surface area (Å²) in [6.07, 6.45) is 2.44. The van der Waals surface area contributed by atoms with E-state index < -0.39 is 0 Å². The summed E-state index contributed by atoms with van der Waals surface area (Å²) in [4.78, 5) is 17.4. The molecule has 142 valence electrons. The number of hydrogen-bond acceptors (Lipinski definition) is 4. The predicted molar refractivity (Wildman–Crippen MR) is 110 cm³/mol. The van der Waals surface area contributed by atoms with Crippen LogP contribution in [0, 0.1) is 0 Å². The molecule has 6 heteroatoms. The van der Waals surface area contributed by atoms with Crippen molar-refractivity contribution in [3.63, 3.8) is 0 Å². The van der Waals surface area contributed by atoms with E-state index in [1.165, 1.54) is 12.8 Å². The second-order valence-corrected chi connectivity index (χ2v) is 7.39. The standard InChI is InChI=1S/C21H24ClN3O2/c22-17-5-3-16(4-6-17)21(26)23-19-15-18(24-9-1-2-10-24)7-8-20(19)25-11-13-27-14-12-25/h3-8,15H,1-2,9-14H2,(H,23,26). The molecule has 2 fully saturated rings. The van der Waals surface area contributed by atoms with Crippen molar-refractivity contribution in [2.75, 3.05) is 54.5 Å². The molecule has 27 heavy (non-hydrogen) atoms. The van der Waals surface area contributed by atoms with E-state index in [-0.39, 0.29) is 5.91 Å². The smallest absolute Gasteiger partial charge is 0.255 e. The Bertz CT molecular complexity index is 798. The first-order chi connectivity index (χ1) is 13.2. The average Bonchev–Trinajstić information content (AvgIpc) is 3.24. The van der Waals surface area contributed by atoms with Gasteiger partial charge in [-0.3, -0.25) is 4.79 Å². The summed E-state index contributed by atoms with van der Waals surface area (Å²) in [6.45, 7) is 5.21. The first-order valence-electron chi connectivity index (χ1n) is 9.49. The Morgan fingerprint density at radius 1 is 0.926 bits per heavy atom. The van der Waals surface area contributed by atoms with Gasteiger partial charge in [0.15, 0.2) is 0 Å². The normalized spacial score (nSPS) is 17.2. The van der Waals surface area contributed by atoms with Gasteiger partial charge in [0.05, 0.1) is 24.6 Å². The van der Waals surface area contributed by atoms with E-state index in [0.29, 0.717) is 23.8 Å². The van der Waals surface area contributed by atoms with Crippen LogP contribution >= 0.6 is 11.6 Å². The second kappa shape index (κ2) is 8.19. The maximum Gasteiger partial charge on any atom is 0.255 e. The molecule has 0 unspecified atom stereocenters. The van der Waals surface area contributed by atoms with Crippen LogP contribution in [-0.2, 0) is 4.74 Å². The van der Waals surface area contributed by atoms with Crippen LogP contribution in [-0.4, -0.2) is 45.3 Å². The second-order valence-electron chi connectivity index (χ2n) is 6.96. The summed E-state index contributed by atoms with van der Waals surface area (Å²) in [7, 11) is 0.